The molecular formula is C20H26Cl2N2O2. The second-order valence-corrected chi connectivity index (χ2v) is 7.25. The third-order valence-corrected chi connectivity index (χ3v) is 4.96. The van der Waals surface area contributed by atoms with E-state index >= 15 is 0 Å². The van der Waals surface area contributed by atoms with Crippen molar-refractivity contribution in [3.63, 3.8) is 0 Å². The molecule has 2 aromatic rings. The van der Waals surface area contributed by atoms with Crippen LogP contribution in [0.15, 0.2) is 43.0 Å². The molecule has 0 fully saturated rings. The highest BCUT2D eigenvalue weighted by molar-refractivity contribution is 6.30. The first kappa shape index (κ1) is 20.8. The van der Waals surface area contributed by atoms with E-state index in [1.807, 2.05) is 12.1 Å². The van der Waals surface area contributed by atoms with E-state index in [-0.39, 0.29) is 5.97 Å². The third-order valence-electron chi connectivity index (χ3n) is 4.25. The minimum Gasteiger partial charge on any atom is -0.454 e. The van der Waals surface area contributed by atoms with Gasteiger partial charge in [-0.05, 0) is 24.1 Å². The Balaban J connectivity index is 1.95. The number of imidazole rings is 1. The quantitative estimate of drug-likeness (QED) is 0.254. The van der Waals surface area contributed by atoms with E-state index in [1.54, 1.807) is 35.4 Å². The first-order chi connectivity index (χ1) is 12.6. The number of nitrogens with zero attached hydrogens (tertiary/aromatic N) is 2. The van der Waals surface area contributed by atoms with Gasteiger partial charge in [0.15, 0.2) is 6.10 Å². The second kappa shape index (κ2) is 11.2. The lowest BCUT2D eigenvalue weighted by atomic mass is 10.1. The average molecular weight is 397 g/mol. The molecule has 2 rings (SSSR count). The molecule has 0 bridgehead atoms. The first-order valence-electron chi connectivity index (χ1n) is 9.18. The Hall–Kier alpha value is -1.52. The van der Waals surface area contributed by atoms with Gasteiger partial charge in [-0.3, -0.25) is 4.79 Å². The molecule has 0 aliphatic rings. The fraction of sp³-hybridized carbons (Fsp3) is 0.500. The van der Waals surface area contributed by atoms with Crippen LogP contribution in [0.5, 0.6) is 0 Å². The lowest BCUT2D eigenvalue weighted by molar-refractivity contribution is -0.150. The molecule has 2 unspecified atom stereocenters. The van der Waals surface area contributed by atoms with E-state index in [0.29, 0.717) is 11.4 Å². The minimum atomic E-state index is -0.601. The van der Waals surface area contributed by atoms with Crippen molar-refractivity contribution in [1.29, 1.82) is 0 Å². The first-order valence-corrected chi connectivity index (χ1v) is 9.99. The maximum atomic E-state index is 12.3. The molecule has 1 aromatic carbocycles. The molecule has 4 nitrogen and oxygen atoms in total. The van der Waals surface area contributed by atoms with Crippen LogP contribution < -0.4 is 0 Å². The molecule has 142 valence electrons. The highest BCUT2D eigenvalue weighted by Crippen LogP contribution is 2.34. The Kier molecular flexibility index (Phi) is 8.99. The number of carbonyl (C=O) groups excluding carboxylic acids is 1. The fourth-order valence-electron chi connectivity index (χ4n) is 2.76. The molecule has 26 heavy (non-hydrogen) atoms. The maximum Gasteiger partial charge on any atom is 0.306 e. The van der Waals surface area contributed by atoms with E-state index in [4.69, 9.17) is 27.9 Å². The zero-order valence-electron chi connectivity index (χ0n) is 15.1. The monoisotopic (exact) mass is 396 g/mol. The summed E-state index contributed by atoms with van der Waals surface area (Å²) in [6.07, 6.45) is 11.6. The standard InChI is InChI=1S/C20H26Cl2N2O2/c1-2-3-4-5-6-7-8-18(25)26-19(16-9-11-17(21)12-10-16)20(22)24-14-13-23-15-24/h9-15,19-20H,2-8H2,1H3. The van der Waals surface area contributed by atoms with Gasteiger partial charge in [0.05, 0.1) is 6.33 Å². The summed E-state index contributed by atoms with van der Waals surface area (Å²) in [6, 6.07) is 7.20. The van der Waals surface area contributed by atoms with Crippen LogP contribution in [0.4, 0.5) is 0 Å². The SMILES string of the molecule is CCCCCCCCC(=O)OC(c1ccc(Cl)cc1)C(Cl)n1ccnc1. The Morgan fingerprint density at radius 3 is 2.50 bits per heavy atom. The number of hydrogen-bond acceptors (Lipinski definition) is 3. The molecule has 0 aliphatic heterocycles. The Morgan fingerprint density at radius 2 is 1.85 bits per heavy atom. The number of hydrogen-bond donors (Lipinski definition) is 0. The van der Waals surface area contributed by atoms with Gasteiger partial charge in [0, 0.05) is 23.8 Å². The average Bonchev–Trinajstić information content (AvgIpc) is 3.18. The van der Waals surface area contributed by atoms with Crippen LogP contribution in [-0.4, -0.2) is 15.5 Å². The predicted molar refractivity (Wildman–Crippen MR) is 105 cm³/mol. The van der Waals surface area contributed by atoms with Crippen molar-refractivity contribution in [3.8, 4) is 0 Å². The van der Waals surface area contributed by atoms with Crippen LogP contribution in [0, 0.1) is 0 Å². The lowest BCUT2D eigenvalue weighted by Gasteiger charge is -2.24. The molecule has 2 atom stereocenters. The van der Waals surface area contributed by atoms with Crippen LogP contribution in [0.2, 0.25) is 5.02 Å². The van der Waals surface area contributed by atoms with Gasteiger partial charge >= 0.3 is 5.97 Å². The molecule has 0 aliphatic carbocycles. The molecule has 0 N–H and O–H groups in total. The highest BCUT2D eigenvalue weighted by Gasteiger charge is 2.26. The van der Waals surface area contributed by atoms with E-state index in [1.165, 1.54) is 19.3 Å². The Morgan fingerprint density at radius 1 is 1.15 bits per heavy atom. The largest absolute Gasteiger partial charge is 0.454 e. The molecule has 0 spiro atoms. The summed E-state index contributed by atoms with van der Waals surface area (Å²) in [6.45, 7) is 2.19. The number of aromatic nitrogens is 2. The summed E-state index contributed by atoms with van der Waals surface area (Å²) in [7, 11) is 0. The summed E-state index contributed by atoms with van der Waals surface area (Å²) in [5.74, 6) is -0.230. The van der Waals surface area contributed by atoms with Gasteiger partial charge in [-0.2, -0.15) is 0 Å². The minimum absolute atomic E-state index is 0.230. The van der Waals surface area contributed by atoms with Gasteiger partial charge in [-0.15, -0.1) is 0 Å². The van der Waals surface area contributed by atoms with Crippen molar-refractivity contribution in [2.45, 2.75) is 63.5 Å². The number of alkyl halides is 1. The number of ether oxygens (including phenoxy) is 1. The Bertz CT molecular complexity index is 644. The number of carbonyl (C=O) groups is 1. The van der Waals surface area contributed by atoms with Crippen molar-refractivity contribution in [2.75, 3.05) is 0 Å². The van der Waals surface area contributed by atoms with E-state index in [9.17, 15) is 4.79 Å². The van der Waals surface area contributed by atoms with Gasteiger partial charge < -0.3 is 9.30 Å². The lowest BCUT2D eigenvalue weighted by Crippen LogP contribution is -2.19. The fourth-order valence-corrected chi connectivity index (χ4v) is 3.20. The number of unbranched alkanes of at least 4 members (excludes halogenated alkanes) is 5. The topological polar surface area (TPSA) is 44.1 Å². The van der Waals surface area contributed by atoms with Gasteiger partial charge in [0.25, 0.3) is 0 Å². The van der Waals surface area contributed by atoms with Gasteiger partial charge in [-0.1, -0.05) is 74.4 Å². The normalized spacial score (nSPS) is 13.3. The van der Waals surface area contributed by atoms with E-state index in [0.717, 1.165) is 24.8 Å². The summed E-state index contributed by atoms with van der Waals surface area (Å²) in [5, 5.41) is 0.625. The van der Waals surface area contributed by atoms with Crippen molar-refractivity contribution < 1.29 is 9.53 Å². The second-order valence-electron chi connectivity index (χ2n) is 6.36. The summed E-state index contributed by atoms with van der Waals surface area (Å²) < 4.78 is 7.45. The van der Waals surface area contributed by atoms with Gasteiger partial charge in [0.2, 0.25) is 0 Å². The number of rotatable bonds is 11. The number of halogens is 2. The molecule has 0 amide bonds. The van der Waals surface area contributed by atoms with Gasteiger partial charge in [0.1, 0.15) is 5.50 Å². The van der Waals surface area contributed by atoms with Gasteiger partial charge in [-0.25, -0.2) is 4.98 Å². The highest BCUT2D eigenvalue weighted by atomic mass is 35.5. The number of benzene rings is 1. The van der Waals surface area contributed by atoms with Crippen molar-refractivity contribution >= 4 is 29.2 Å². The van der Waals surface area contributed by atoms with Crippen LogP contribution in [0.3, 0.4) is 0 Å². The molecule has 0 saturated heterocycles. The van der Waals surface area contributed by atoms with Crippen LogP contribution >= 0.6 is 23.2 Å². The Labute approximate surface area is 165 Å². The smallest absolute Gasteiger partial charge is 0.306 e. The van der Waals surface area contributed by atoms with Crippen LogP contribution in [0.25, 0.3) is 0 Å². The molecule has 0 saturated carbocycles. The summed E-state index contributed by atoms with van der Waals surface area (Å²) in [5.41, 5.74) is 0.228. The zero-order valence-corrected chi connectivity index (χ0v) is 16.6. The predicted octanol–water partition coefficient (Wildman–Crippen LogP) is 6.31. The zero-order chi connectivity index (χ0) is 18.8. The summed E-state index contributed by atoms with van der Waals surface area (Å²) in [4.78, 5) is 16.3. The molecule has 6 heteroatoms. The van der Waals surface area contributed by atoms with Crippen molar-refractivity contribution in [3.05, 3.63) is 53.6 Å². The van der Waals surface area contributed by atoms with E-state index < -0.39 is 11.6 Å². The molecule has 1 aromatic heterocycles. The maximum absolute atomic E-state index is 12.3. The summed E-state index contributed by atoms with van der Waals surface area (Å²) >= 11 is 12.5. The molecule has 0 radical (unpaired) electrons. The number of esters is 1. The van der Waals surface area contributed by atoms with Crippen molar-refractivity contribution in [2.24, 2.45) is 0 Å². The molecule has 1 heterocycles. The molecular weight excluding hydrogens is 371 g/mol. The third kappa shape index (κ3) is 6.65. The van der Waals surface area contributed by atoms with Crippen LogP contribution in [0.1, 0.15) is 69.0 Å². The van der Waals surface area contributed by atoms with Crippen molar-refractivity contribution in [1.82, 2.24) is 9.55 Å². The van der Waals surface area contributed by atoms with E-state index in [2.05, 4.69) is 11.9 Å². The van der Waals surface area contributed by atoms with Crippen LogP contribution in [-0.2, 0) is 9.53 Å².